The first-order valence-electron chi connectivity index (χ1n) is 6.79. The minimum absolute atomic E-state index is 0.412. The van der Waals surface area contributed by atoms with E-state index in [4.69, 9.17) is 17.3 Å². The molecule has 0 atom stereocenters. The number of hydrogen-bond donors (Lipinski definition) is 1. The highest BCUT2D eigenvalue weighted by Crippen LogP contribution is 2.23. The van der Waals surface area contributed by atoms with Crippen LogP contribution in [0, 0.1) is 0 Å². The molecule has 0 unspecified atom stereocenters. The van der Waals surface area contributed by atoms with Crippen molar-refractivity contribution in [3.05, 3.63) is 29.0 Å². The molecule has 1 aliphatic carbocycles. The van der Waals surface area contributed by atoms with E-state index in [1.165, 1.54) is 18.4 Å². The maximum absolute atomic E-state index is 5.97. The fourth-order valence-electron chi connectivity index (χ4n) is 2.74. The molecule has 1 aromatic heterocycles. The highest BCUT2D eigenvalue weighted by molar-refractivity contribution is 6.29. The van der Waals surface area contributed by atoms with Gasteiger partial charge in [0, 0.05) is 24.8 Å². The molecule has 1 heterocycles. The van der Waals surface area contributed by atoms with E-state index in [1.54, 1.807) is 6.20 Å². The van der Waals surface area contributed by atoms with Gasteiger partial charge in [-0.3, -0.25) is 4.90 Å². The van der Waals surface area contributed by atoms with Crippen LogP contribution < -0.4 is 5.73 Å². The number of hydrogen-bond acceptors (Lipinski definition) is 3. The molecule has 18 heavy (non-hydrogen) atoms. The van der Waals surface area contributed by atoms with Crippen molar-refractivity contribution in [2.24, 2.45) is 5.73 Å². The lowest BCUT2D eigenvalue weighted by Gasteiger charge is -2.35. The summed E-state index contributed by atoms with van der Waals surface area (Å²) in [6.07, 6.45) is 6.51. The number of nitrogens with two attached hydrogens (primary N) is 1. The highest BCUT2D eigenvalue weighted by Gasteiger charge is 2.23. The van der Waals surface area contributed by atoms with E-state index in [2.05, 4.69) is 16.8 Å². The van der Waals surface area contributed by atoms with E-state index in [0.717, 1.165) is 25.9 Å². The van der Waals surface area contributed by atoms with Crippen LogP contribution in [0.2, 0.25) is 5.15 Å². The molecule has 0 spiro atoms. The molecule has 1 aromatic rings. The zero-order chi connectivity index (χ0) is 13.0. The molecule has 1 aliphatic rings. The lowest BCUT2D eigenvalue weighted by atomic mass is 9.90. The summed E-state index contributed by atoms with van der Waals surface area (Å²) in [6.45, 7) is 4.25. The van der Waals surface area contributed by atoms with Crippen LogP contribution in [0.3, 0.4) is 0 Å². The summed E-state index contributed by atoms with van der Waals surface area (Å²) in [4.78, 5) is 6.55. The smallest absolute Gasteiger partial charge is 0.129 e. The summed E-state index contributed by atoms with van der Waals surface area (Å²) < 4.78 is 0. The SMILES string of the molecule is CCN(Cc1ccnc(Cl)c1)C1CCC(N)CC1. The van der Waals surface area contributed by atoms with Crippen LogP contribution in [0.15, 0.2) is 18.3 Å². The van der Waals surface area contributed by atoms with Crippen molar-refractivity contribution in [3.63, 3.8) is 0 Å². The van der Waals surface area contributed by atoms with E-state index in [0.29, 0.717) is 17.2 Å². The normalized spacial score (nSPS) is 24.4. The largest absolute Gasteiger partial charge is 0.328 e. The molecule has 0 aliphatic heterocycles. The molecular formula is C14H22ClN3. The predicted molar refractivity (Wildman–Crippen MR) is 75.6 cm³/mol. The Labute approximate surface area is 114 Å². The second kappa shape index (κ2) is 6.50. The van der Waals surface area contributed by atoms with Crippen LogP contribution in [0.25, 0.3) is 0 Å². The molecule has 100 valence electrons. The third-order valence-electron chi connectivity index (χ3n) is 3.84. The zero-order valence-electron chi connectivity index (χ0n) is 11.0. The average molecular weight is 268 g/mol. The van der Waals surface area contributed by atoms with Gasteiger partial charge in [-0.1, -0.05) is 18.5 Å². The predicted octanol–water partition coefficient (Wildman–Crippen LogP) is 2.83. The molecule has 4 heteroatoms. The molecule has 2 N–H and O–H groups in total. The van der Waals surface area contributed by atoms with Crippen LogP contribution in [-0.4, -0.2) is 28.5 Å². The first-order chi connectivity index (χ1) is 8.69. The van der Waals surface area contributed by atoms with Crippen molar-refractivity contribution < 1.29 is 0 Å². The third-order valence-corrected chi connectivity index (χ3v) is 4.05. The Morgan fingerprint density at radius 2 is 2.11 bits per heavy atom. The van der Waals surface area contributed by atoms with E-state index in [9.17, 15) is 0 Å². The van der Waals surface area contributed by atoms with Crippen molar-refractivity contribution in [3.8, 4) is 0 Å². The molecule has 0 saturated heterocycles. The maximum Gasteiger partial charge on any atom is 0.129 e. The summed E-state index contributed by atoms with van der Waals surface area (Å²) in [7, 11) is 0. The Balaban J connectivity index is 1.96. The topological polar surface area (TPSA) is 42.2 Å². The minimum atomic E-state index is 0.412. The van der Waals surface area contributed by atoms with Gasteiger partial charge in [-0.05, 0) is 49.9 Å². The molecule has 3 nitrogen and oxygen atoms in total. The van der Waals surface area contributed by atoms with Gasteiger partial charge in [0.2, 0.25) is 0 Å². The van der Waals surface area contributed by atoms with Gasteiger partial charge >= 0.3 is 0 Å². The Hall–Kier alpha value is -0.640. The quantitative estimate of drug-likeness (QED) is 0.853. The Morgan fingerprint density at radius 3 is 2.72 bits per heavy atom. The summed E-state index contributed by atoms with van der Waals surface area (Å²) >= 11 is 5.93. The van der Waals surface area contributed by atoms with Gasteiger partial charge in [0.15, 0.2) is 0 Å². The summed E-state index contributed by atoms with van der Waals surface area (Å²) in [6, 6.07) is 5.08. The highest BCUT2D eigenvalue weighted by atomic mass is 35.5. The number of halogens is 1. The van der Waals surface area contributed by atoms with Crippen molar-refractivity contribution in [2.75, 3.05) is 6.54 Å². The van der Waals surface area contributed by atoms with Gasteiger partial charge in [-0.15, -0.1) is 0 Å². The van der Waals surface area contributed by atoms with Crippen LogP contribution in [0.5, 0.6) is 0 Å². The average Bonchev–Trinajstić information content (AvgIpc) is 2.37. The monoisotopic (exact) mass is 267 g/mol. The maximum atomic E-state index is 5.97. The molecule has 0 aromatic carbocycles. The van der Waals surface area contributed by atoms with Crippen LogP contribution >= 0.6 is 11.6 Å². The fraction of sp³-hybridized carbons (Fsp3) is 0.643. The number of rotatable bonds is 4. The van der Waals surface area contributed by atoms with Crippen LogP contribution in [0.4, 0.5) is 0 Å². The number of nitrogens with zero attached hydrogens (tertiary/aromatic N) is 2. The summed E-state index contributed by atoms with van der Waals surface area (Å²) in [5.41, 5.74) is 7.21. The zero-order valence-corrected chi connectivity index (χ0v) is 11.7. The van der Waals surface area contributed by atoms with E-state index < -0.39 is 0 Å². The van der Waals surface area contributed by atoms with E-state index in [1.807, 2.05) is 12.1 Å². The van der Waals surface area contributed by atoms with Gasteiger partial charge in [0.05, 0.1) is 0 Å². The number of aromatic nitrogens is 1. The van der Waals surface area contributed by atoms with Crippen molar-refractivity contribution in [1.29, 1.82) is 0 Å². The van der Waals surface area contributed by atoms with E-state index >= 15 is 0 Å². The number of pyridine rings is 1. The Morgan fingerprint density at radius 1 is 1.39 bits per heavy atom. The van der Waals surface area contributed by atoms with Gasteiger partial charge < -0.3 is 5.73 Å². The molecule has 1 saturated carbocycles. The summed E-state index contributed by atoms with van der Waals surface area (Å²) in [5.74, 6) is 0. The van der Waals surface area contributed by atoms with Gasteiger partial charge in [-0.25, -0.2) is 4.98 Å². The summed E-state index contributed by atoms with van der Waals surface area (Å²) in [5, 5.41) is 0.578. The van der Waals surface area contributed by atoms with Crippen molar-refractivity contribution in [1.82, 2.24) is 9.88 Å². The second-order valence-electron chi connectivity index (χ2n) is 5.12. The molecule has 0 amide bonds. The van der Waals surface area contributed by atoms with Gasteiger partial charge in [-0.2, -0.15) is 0 Å². The fourth-order valence-corrected chi connectivity index (χ4v) is 2.94. The van der Waals surface area contributed by atoms with Crippen molar-refractivity contribution in [2.45, 2.75) is 51.2 Å². The first-order valence-corrected chi connectivity index (χ1v) is 7.17. The lowest BCUT2D eigenvalue weighted by molar-refractivity contribution is 0.149. The van der Waals surface area contributed by atoms with E-state index in [-0.39, 0.29) is 0 Å². The lowest BCUT2D eigenvalue weighted by Crippen LogP contribution is -2.40. The molecule has 0 bridgehead atoms. The Kier molecular flexibility index (Phi) is 4.98. The van der Waals surface area contributed by atoms with Crippen molar-refractivity contribution >= 4 is 11.6 Å². The molecule has 2 rings (SSSR count). The van der Waals surface area contributed by atoms with Crippen LogP contribution in [0.1, 0.15) is 38.2 Å². The first kappa shape index (κ1) is 13.8. The molecule has 1 fully saturated rings. The molecule has 0 radical (unpaired) electrons. The third kappa shape index (κ3) is 3.67. The van der Waals surface area contributed by atoms with Gasteiger partial charge in [0.1, 0.15) is 5.15 Å². The minimum Gasteiger partial charge on any atom is -0.328 e. The van der Waals surface area contributed by atoms with Gasteiger partial charge in [0.25, 0.3) is 0 Å². The Bertz CT molecular complexity index is 375. The van der Waals surface area contributed by atoms with Crippen LogP contribution in [-0.2, 0) is 6.54 Å². The standard InChI is InChI=1S/C14H22ClN3/c1-2-18(13-5-3-12(16)4-6-13)10-11-7-8-17-14(15)9-11/h7-9,12-13H,2-6,10,16H2,1H3. The second-order valence-corrected chi connectivity index (χ2v) is 5.51. The molecular weight excluding hydrogens is 246 g/mol.